The quantitative estimate of drug-likeness (QED) is 0.672. The third-order valence-corrected chi connectivity index (χ3v) is 4.73. The summed E-state index contributed by atoms with van der Waals surface area (Å²) in [5, 5.41) is 7.55. The van der Waals surface area contributed by atoms with Crippen molar-refractivity contribution in [3.63, 3.8) is 0 Å². The number of hydrogen-bond acceptors (Lipinski definition) is 4. The van der Waals surface area contributed by atoms with Gasteiger partial charge in [0, 0.05) is 18.2 Å². The summed E-state index contributed by atoms with van der Waals surface area (Å²) in [5.41, 5.74) is 4.74. The van der Waals surface area contributed by atoms with Crippen molar-refractivity contribution >= 4 is 11.6 Å². The van der Waals surface area contributed by atoms with Gasteiger partial charge in [-0.1, -0.05) is 18.2 Å². The first-order chi connectivity index (χ1) is 13.5. The first-order valence-electron chi connectivity index (χ1n) is 9.16. The molecule has 3 rings (SSSR count). The van der Waals surface area contributed by atoms with Gasteiger partial charge in [-0.2, -0.15) is 5.10 Å². The van der Waals surface area contributed by atoms with Gasteiger partial charge in [0.05, 0.1) is 31.3 Å². The van der Waals surface area contributed by atoms with E-state index in [1.165, 1.54) is 0 Å². The van der Waals surface area contributed by atoms with Gasteiger partial charge in [0.15, 0.2) is 0 Å². The molecule has 0 atom stereocenters. The van der Waals surface area contributed by atoms with Gasteiger partial charge < -0.3 is 14.8 Å². The minimum Gasteiger partial charge on any atom is -0.497 e. The molecule has 0 spiro atoms. The third-order valence-electron chi connectivity index (χ3n) is 4.73. The predicted octanol–water partition coefficient (Wildman–Crippen LogP) is 4.08. The summed E-state index contributed by atoms with van der Waals surface area (Å²) in [4.78, 5) is 12.5. The van der Waals surface area contributed by atoms with Crippen LogP contribution in [-0.4, -0.2) is 29.9 Å². The smallest absolute Gasteiger partial charge is 0.224 e. The Kier molecular flexibility index (Phi) is 5.99. The van der Waals surface area contributed by atoms with E-state index in [9.17, 15) is 4.79 Å². The molecule has 0 saturated carbocycles. The highest BCUT2D eigenvalue weighted by atomic mass is 16.5. The molecule has 6 heteroatoms. The number of rotatable bonds is 7. The molecule has 0 fully saturated rings. The summed E-state index contributed by atoms with van der Waals surface area (Å²) in [6, 6.07) is 15.3. The number of amides is 1. The molecule has 146 valence electrons. The number of carbonyl (C=O) groups excluding carboxylic acids is 1. The van der Waals surface area contributed by atoms with Crippen molar-refractivity contribution in [2.45, 2.75) is 26.7 Å². The van der Waals surface area contributed by atoms with Gasteiger partial charge in [0.1, 0.15) is 11.5 Å². The second kappa shape index (κ2) is 8.61. The summed E-state index contributed by atoms with van der Waals surface area (Å²) in [5.74, 6) is 1.17. The maximum Gasteiger partial charge on any atom is 0.224 e. The lowest BCUT2D eigenvalue weighted by Gasteiger charge is -2.11. The zero-order valence-electron chi connectivity index (χ0n) is 16.7. The van der Waals surface area contributed by atoms with Crippen molar-refractivity contribution in [3.05, 3.63) is 65.5 Å². The number of methoxy groups -OCH3 is 2. The van der Waals surface area contributed by atoms with Gasteiger partial charge in [0.2, 0.25) is 5.91 Å². The van der Waals surface area contributed by atoms with E-state index in [4.69, 9.17) is 9.47 Å². The van der Waals surface area contributed by atoms with Gasteiger partial charge in [-0.15, -0.1) is 0 Å². The van der Waals surface area contributed by atoms with Crippen LogP contribution >= 0.6 is 0 Å². The van der Waals surface area contributed by atoms with E-state index < -0.39 is 0 Å². The van der Waals surface area contributed by atoms with Gasteiger partial charge in [0.25, 0.3) is 0 Å². The average molecular weight is 379 g/mol. The highest BCUT2D eigenvalue weighted by Crippen LogP contribution is 2.29. The van der Waals surface area contributed by atoms with Crippen LogP contribution in [0.3, 0.4) is 0 Å². The second-order valence-corrected chi connectivity index (χ2v) is 6.51. The Morgan fingerprint density at radius 1 is 1.07 bits per heavy atom. The lowest BCUT2D eigenvalue weighted by molar-refractivity contribution is -0.116. The fraction of sp³-hybridized carbons (Fsp3) is 0.273. The Bertz CT molecular complexity index is 965. The lowest BCUT2D eigenvalue weighted by atomic mass is 10.1. The molecule has 3 aromatic rings. The van der Waals surface area contributed by atoms with E-state index in [2.05, 4.69) is 10.4 Å². The SMILES string of the molecule is COc1ccc(NC(=O)CCc2c(C)nn(-c3ccccc3)c2C)c(OC)c1. The molecule has 1 heterocycles. The Morgan fingerprint density at radius 3 is 2.50 bits per heavy atom. The summed E-state index contributed by atoms with van der Waals surface area (Å²) >= 11 is 0. The van der Waals surface area contributed by atoms with Crippen molar-refractivity contribution in [1.82, 2.24) is 9.78 Å². The van der Waals surface area contributed by atoms with E-state index in [0.29, 0.717) is 30.0 Å². The number of nitrogens with one attached hydrogen (secondary N) is 1. The van der Waals surface area contributed by atoms with Crippen molar-refractivity contribution in [2.75, 3.05) is 19.5 Å². The highest BCUT2D eigenvalue weighted by molar-refractivity contribution is 5.92. The maximum atomic E-state index is 12.5. The van der Waals surface area contributed by atoms with Gasteiger partial charge >= 0.3 is 0 Å². The molecule has 0 aliphatic carbocycles. The largest absolute Gasteiger partial charge is 0.497 e. The van der Waals surface area contributed by atoms with Crippen LogP contribution in [0.5, 0.6) is 11.5 Å². The number of anilines is 1. The number of para-hydroxylation sites is 1. The topological polar surface area (TPSA) is 65.4 Å². The molecular formula is C22H25N3O3. The molecule has 0 radical (unpaired) electrons. The predicted molar refractivity (Wildman–Crippen MR) is 110 cm³/mol. The summed E-state index contributed by atoms with van der Waals surface area (Å²) in [6.45, 7) is 4.01. The molecule has 0 unspecified atom stereocenters. The molecule has 1 N–H and O–H groups in total. The average Bonchev–Trinajstić information content (AvgIpc) is 3.01. The zero-order chi connectivity index (χ0) is 20.1. The maximum absolute atomic E-state index is 12.5. The molecule has 0 bridgehead atoms. The number of carbonyl (C=O) groups is 1. The number of ether oxygens (including phenoxy) is 2. The van der Waals surface area contributed by atoms with E-state index >= 15 is 0 Å². The minimum absolute atomic E-state index is 0.0743. The monoisotopic (exact) mass is 379 g/mol. The molecular weight excluding hydrogens is 354 g/mol. The molecule has 0 aliphatic heterocycles. The molecule has 1 aromatic heterocycles. The summed E-state index contributed by atoms with van der Waals surface area (Å²) < 4.78 is 12.4. The molecule has 6 nitrogen and oxygen atoms in total. The second-order valence-electron chi connectivity index (χ2n) is 6.51. The van der Waals surface area contributed by atoms with Gasteiger partial charge in [-0.25, -0.2) is 4.68 Å². The van der Waals surface area contributed by atoms with Crippen LogP contribution in [0, 0.1) is 13.8 Å². The fourth-order valence-electron chi connectivity index (χ4n) is 3.21. The van der Waals surface area contributed by atoms with E-state index in [0.717, 1.165) is 22.6 Å². The minimum atomic E-state index is -0.0743. The van der Waals surface area contributed by atoms with Crippen molar-refractivity contribution in [2.24, 2.45) is 0 Å². The van der Waals surface area contributed by atoms with Crippen molar-refractivity contribution in [3.8, 4) is 17.2 Å². The summed E-state index contributed by atoms with van der Waals surface area (Å²) in [6.07, 6.45) is 0.978. The van der Waals surface area contributed by atoms with Crippen LogP contribution in [0.4, 0.5) is 5.69 Å². The van der Waals surface area contributed by atoms with Crippen molar-refractivity contribution < 1.29 is 14.3 Å². The Morgan fingerprint density at radius 2 is 1.82 bits per heavy atom. The number of benzene rings is 2. The zero-order valence-corrected chi connectivity index (χ0v) is 16.7. The normalized spacial score (nSPS) is 10.6. The van der Waals surface area contributed by atoms with Crippen LogP contribution in [0.2, 0.25) is 0 Å². The number of hydrogen-bond donors (Lipinski definition) is 1. The molecule has 28 heavy (non-hydrogen) atoms. The summed E-state index contributed by atoms with van der Waals surface area (Å²) in [7, 11) is 3.16. The number of aryl methyl sites for hydroxylation is 1. The van der Waals surface area contributed by atoms with E-state index in [-0.39, 0.29) is 5.91 Å². The third kappa shape index (κ3) is 4.17. The van der Waals surface area contributed by atoms with E-state index in [1.54, 1.807) is 32.4 Å². The first-order valence-corrected chi connectivity index (χ1v) is 9.16. The molecule has 0 aliphatic rings. The van der Waals surface area contributed by atoms with E-state index in [1.807, 2.05) is 48.9 Å². The Labute approximate surface area is 165 Å². The molecule has 2 aromatic carbocycles. The number of aromatic nitrogens is 2. The van der Waals surface area contributed by atoms with Crippen LogP contribution in [0.15, 0.2) is 48.5 Å². The standard InChI is InChI=1S/C22H25N3O3/c1-15-19(16(2)25(24-15)17-8-6-5-7-9-17)11-13-22(26)23-20-12-10-18(27-3)14-21(20)28-4/h5-10,12,14H,11,13H2,1-4H3,(H,23,26). The van der Waals surface area contributed by atoms with Crippen LogP contribution in [-0.2, 0) is 11.2 Å². The Hall–Kier alpha value is -3.28. The first kappa shape index (κ1) is 19.5. The fourth-order valence-corrected chi connectivity index (χ4v) is 3.21. The van der Waals surface area contributed by atoms with Crippen LogP contribution in [0.1, 0.15) is 23.4 Å². The van der Waals surface area contributed by atoms with Gasteiger partial charge in [-0.3, -0.25) is 4.79 Å². The number of nitrogens with zero attached hydrogens (tertiary/aromatic N) is 2. The highest BCUT2D eigenvalue weighted by Gasteiger charge is 2.15. The van der Waals surface area contributed by atoms with Gasteiger partial charge in [-0.05, 0) is 50.1 Å². The molecule has 1 amide bonds. The van der Waals surface area contributed by atoms with Crippen LogP contribution < -0.4 is 14.8 Å². The lowest BCUT2D eigenvalue weighted by Crippen LogP contribution is -2.13. The Balaban J connectivity index is 1.69. The van der Waals surface area contributed by atoms with Crippen LogP contribution in [0.25, 0.3) is 5.69 Å². The van der Waals surface area contributed by atoms with Crippen molar-refractivity contribution in [1.29, 1.82) is 0 Å². The molecule has 0 saturated heterocycles.